The van der Waals surface area contributed by atoms with Crippen LogP contribution in [0.4, 0.5) is 8.78 Å². The number of halogens is 2. The minimum Gasteiger partial charge on any atom is -0.266 e. The largest absolute Gasteiger partial charge is 0.334 e. The number of H-pyrrole nitrogens is 1. The Kier molecular flexibility index (Phi) is 3.48. The van der Waals surface area contributed by atoms with Gasteiger partial charge in [0, 0.05) is 0 Å². The molecule has 0 aromatic carbocycles. The molecule has 8 heteroatoms. The molecule has 0 aliphatic rings. The molecule has 2 aromatic rings. The molecule has 2 heterocycles. The quantitative estimate of drug-likeness (QED) is 0.706. The summed E-state index contributed by atoms with van der Waals surface area (Å²) >= 11 is 0. The van der Waals surface area contributed by atoms with E-state index in [-0.39, 0.29) is 0 Å². The molecule has 0 saturated carbocycles. The molecule has 0 aliphatic carbocycles. The van der Waals surface area contributed by atoms with Gasteiger partial charge in [0.2, 0.25) is 0 Å². The van der Waals surface area contributed by atoms with Gasteiger partial charge in [0.15, 0.2) is 0 Å². The van der Waals surface area contributed by atoms with Crippen LogP contribution < -0.4 is 0 Å². The van der Waals surface area contributed by atoms with Crippen molar-refractivity contribution in [2.45, 2.75) is 6.55 Å². The smallest absolute Gasteiger partial charge is 0.266 e. The molecular formula is C5H6F2N6. The number of aromatic nitrogens is 6. The Morgan fingerprint density at radius 2 is 2.08 bits per heavy atom. The van der Waals surface area contributed by atoms with Crippen LogP contribution in [0.3, 0.4) is 0 Å². The molecule has 0 saturated heterocycles. The summed E-state index contributed by atoms with van der Waals surface area (Å²) in [4.78, 5) is 6.87. The van der Waals surface area contributed by atoms with Crippen LogP contribution in [-0.2, 0) is 0 Å². The first-order chi connectivity index (χ1) is 6.30. The van der Waals surface area contributed by atoms with Gasteiger partial charge in [-0.15, -0.1) is 0 Å². The van der Waals surface area contributed by atoms with Crippen LogP contribution in [0.25, 0.3) is 0 Å². The van der Waals surface area contributed by atoms with Crippen LogP contribution in [0.1, 0.15) is 6.55 Å². The lowest BCUT2D eigenvalue weighted by atomic mass is 11.1. The maximum Gasteiger partial charge on any atom is 0.334 e. The molecule has 2 aromatic heterocycles. The minimum absolute atomic E-state index is 0.472. The molecule has 0 aliphatic heterocycles. The fraction of sp³-hybridized carbons (Fsp3) is 0.200. The van der Waals surface area contributed by atoms with E-state index >= 15 is 0 Å². The van der Waals surface area contributed by atoms with Crippen molar-refractivity contribution < 1.29 is 8.78 Å². The van der Waals surface area contributed by atoms with Crippen molar-refractivity contribution in [3.8, 4) is 0 Å². The van der Waals surface area contributed by atoms with Gasteiger partial charge >= 0.3 is 6.55 Å². The van der Waals surface area contributed by atoms with E-state index in [1.807, 2.05) is 0 Å². The molecule has 2 rings (SSSR count). The summed E-state index contributed by atoms with van der Waals surface area (Å²) in [6, 6.07) is 0. The summed E-state index contributed by atoms with van der Waals surface area (Å²) in [5.74, 6) is 0. The Bertz CT molecular complexity index is 273. The van der Waals surface area contributed by atoms with Gasteiger partial charge in [0.1, 0.15) is 25.3 Å². The SMILES string of the molecule is FC(F)n1cncn1.c1nc[nH]n1. The second-order valence-electron chi connectivity index (χ2n) is 1.80. The average molecular weight is 188 g/mol. The van der Waals surface area contributed by atoms with Crippen LogP contribution in [0, 0.1) is 0 Å². The fourth-order valence-corrected chi connectivity index (χ4v) is 0.485. The standard InChI is InChI=1S/C3H3F2N3.C2H3N3/c4-3(5)8-2-6-1-7-8;1-3-2-5-4-1/h1-3H;1-2H,(H,3,4,5). The number of hydrogen-bond donors (Lipinski definition) is 1. The molecule has 1 N–H and O–H groups in total. The predicted octanol–water partition coefficient (Wildman–Crippen LogP) is 0.478. The summed E-state index contributed by atoms with van der Waals surface area (Å²) in [5.41, 5.74) is 0. The Labute approximate surface area is 71.6 Å². The van der Waals surface area contributed by atoms with E-state index in [4.69, 9.17) is 0 Å². The molecule has 0 unspecified atom stereocenters. The third-order valence-electron chi connectivity index (χ3n) is 0.968. The number of aromatic amines is 1. The van der Waals surface area contributed by atoms with E-state index in [1.54, 1.807) is 0 Å². The zero-order chi connectivity index (χ0) is 9.52. The molecule has 0 fully saturated rings. The van der Waals surface area contributed by atoms with E-state index in [2.05, 4.69) is 25.3 Å². The van der Waals surface area contributed by atoms with Gasteiger partial charge < -0.3 is 0 Å². The van der Waals surface area contributed by atoms with E-state index in [9.17, 15) is 8.78 Å². The Balaban J connectivity index is 0.000000145. The second kappa shape index (κ2) is 4.91. The average Bonchev–Trinajstić information content (AvgIpc) is 2.82. The van der Waals surface area contributed by atoms with Gasteiger partial charge in [-0.25, -0.2) is 9.97 Å². The van der Waals surface area contributed by atoms with E-state index in [1.165, 1.54) is 12.7 Å². The lowest BCUT2D eigenvalue weighted by molar-refractivity contribution is 0.0562. The van der Waals surface area contributed by atoms with Crippen molar-refractivity contribution >= 4 is 0 Å². The summed E-state index contributed by atoms with van der Waals surface area (Å²) in [6.45, 7) is -2.57. The number of nitrogens with zero attached hydrogens (tertiary/aromatic N) is 5. The van der Waals surface area contributed by atoms with Crippen molar-refractivity contribution in [2.75, 3.05) is 0 Å². The Morgan fingerprint density at radius 3 is 2.31 bits per heavy atom. The summed E-state index contributed by atoms with van der Waals surface area (Å²) in [5, 5.41) is 9.16. The third-order valence-corrected chi connectivity index (χ3v) is 0.968. The third kappa shape index (κ3) is 3.36. The molecule has 70 valence electrons. The van der Waals surface area contributed by atoms with Crippen molar-refractivity contribution in [2.24, 2.45) is 0 Å². The van der Waals surface area contributed by atoms with Gasteiger partial charge in [-0.2, -0.15) is 23.7 Å². The highest BCUT2D eigenvalue weighted by Crippen LogP contribution is 2.03. The fourth-order valence-electron chi connectivity index (χ4n) is 0.485. The topological polar surface area (TPSA) is 72.3 Å². The molecule has 13 heavy (non-hydrogen) atoms. The van der Waals surface area contributed by atoms with Crippen LogP contribution in [0.5, 0.6) is 0 Å². The number of hydrogen-bond acceptors (Lipinski definition) is 4. The zero-order valence-corrected chi connectivity index (χ0v) is 6.38. The number of nitrogens with one attached hydrogen (secondary N) is 1. The predicted molar refractivity (Wildman–Crippen MR) is 37.7 cm³/mol. The monoisotopic (exact) mass is 188 g/mol. The second-order valence-corrected chi connectivity index (χ2v) is 1.80. The van der Waals surface area contributed by atoms with Crippen molar-refractivity contribution in [3.05, 3.63) is 25.3 Å². The lowest BCUT2D eigenvalue weighted by Gasteiger charge is -1.92. The Morgan fingerprint density at radius 1 is 1.23 bits per heavy atom. The summed E-state index contributed by atoms with van der Waals surface area (Å²) < 4.78 is 23.4. The first-order valence-electron chi connectivity index (χ1n) is 3.21. The number of alkyl halides is 2. The van der Waals surface area contributed by atoms with Crippen LogP contribution in [0.15, 0.2) is 25.3 Å². The first-order valence-corrected chi connectivity index (χ1v) is 3.21. The molecule has 0 bridgehead atoms. The maximum absolute atomic E-state index is 11.5. The lowest BCUT2D eigenvalue weighted by Crippen LogP contribution is -1.96. The highest BCUT2D eigenvalue weighted by atomic mass is 19.3. The minimum atomic E-state index is -2.57. The Hall–Kier alpha value is -1.86. The zero-order valence-electron chi connectivity index (χ0n) is 6.38. The van der Waals surface area contributed by atoms with Gasteiger partial charge in [-0.05, 0) is 0 Å². The molecule has 0 amide bonds. The van der Waals surface area contributed by atoms with Crippen molar-refractivity contribution in [3.63, 3.8) is 0 Å². The van der Waals surface area contributed by atoms with Crippen LogP contribution >= 0.6 is 0 Å². The van der Waals surface area contributed by atoms with E-state index in [0.717, 1.165) is 12.7 Å². The summed E-state index contributed by atoms with van der Waals surface area (Å²) in [7, 11) is 0. The molecule has 0 atom stereocenters. The maximum atomic E-state index is 11.5. The van der Waals surface area contributed by atoms with Gasteiger partial charge in [-0.3, -0.25) is 5.10 Å². The van der Waals surface area contributed by atoms with Gasteiger partial charge in [0.25, 0.3) is 0 Å². The number of rotatable bonds is 1. The molecule has 0 spiro atoms. The molecule has 6 nitrogen and oxygen atoms in total. The first kappa shape index (κ1) is 9.23. The van der Waals surface area contributed by atoms with Crippen molar-refractivity contribution in [1.82, 2.24) is 29.9 Å². The molecular weight excluding hydrogens is 182 g/mol. The highest BCUT2D eigenvalue weighted by molar-refractivity contribution is 4.54. The van der Waals surface area contributed by atoms with Crippen LogP contribution in [0.2, 0.25) is 0 Å². The normalized spacial score (nSPS) is 9.46. The molecule has 0 radical (unpaired) electrons. The van der Waals surface area contributed by atoms with E-state index < -0.39 is 6.55 Å². The van der Waals surface area contributed by atoms with E-state index in [0.29, 0.717) is 4.68 Å². The highest BCUT2D eigenvalue weighted by Gasteiger charge is 2.02. The van der Waals surface area contributed by atoms with Crippen molar-refractivity contribution in [1.29, 1.82) is 0 Å². The van der Waals surface area contributed by atoms with Gasteiger partial charge in [0.05, 0.1) is 0 Å². The summed E-state index contributed by atoms with van der Waals surface area (Å²) in [6.07, 6.45) is 4.98. The van der Waals surface area contributed by atoms with Crippen LogP contribution in [-0.4, -0.2) is 29.9 Å². The van der Waals surface area contributed by atoms with Gasteiger partial charge in [-0.1, -0.05) is 0 Å².